The summed E-state index contributed by atoms with van der Waals surface area (Å²) in [5.41, 5.74) is 4.57. The summed E-state index contributed by atoms with van der Waals surface area (Å²) in [6.45, 7) is 7.49. The fourth-order valence-corrected chi connectivity index (χ4v) is 0.141. The van der Waals surface area contributed by atoms with E-state index in [2.05, 4.69) is 17.0 Å². The number of rotatable bonds is 2. The molecule has 0 saturated heterocycles. The second kappa shape index (κ2) is 10.1. The Morgan fingerprint density at radius 1 is 1.78 bits per heavy atom. The van der Waals surface area contributed by atoms with E-state index in [0.717, 1.165) is 0 Å². The van der Waals surface area contributed by atoms with Gasteiger partial charge in [-0.15, -0.1) is 0 Å². The number of ether oxygens (including phenoxy) is 1. The second-order valence-electron chi connectivity index (χ2n) is 0.919. The van der Waals surface area contributed by atoms with E-state index in [0.29, 0.717) is 0 Å². The quantitative estimate of drug-likeness (QED) is 0.574. The van der Waals surface area contributed by atoms with Crippen LogP contribution in [0.5, 0.6) is 0 Å². The average Bonchev–Trinajstić information content (AvgIpc) is 1.88. The van der Waals surface area contributed by atoms with Gasteiger partial charge in [0.1, 0.15) is 6.61 Å². The van der Waals surface area contributed by atoms with E-state index in [1.165, 1.54) is 6.08 Å². The van der Waals surface area contributed by atoms with E-state index in [4.69, 9.17) is 0 Å². The molecule has 2 N–H and O–H groups in total. The molecule has 0 heterocycles. The lowest BCUT2D eigenvalue weighted by atomic mass is 10.7. The molecular weight excluding hydrogens is 118 g/mol. The highest BCUT2D eigenvalue weighted by Gasteiger charge is 1.84. The van der Waals surface area contributed by atoms with Crippen molar-refractivity contribution in [2.45, 2.75) is 13.8 Å². The zero-order chi connectivity index (χ0) is 7.70. The van der Waals surface area contributed by atoms with Crippen molar-refractivity contribution in [2.24, 2.45) is 5.73 Å². The number of hydrogen-bond donors (Lipinski definition) is 1. The van der Waals surface area contributed by atoms with Crippen molar-refractivity contribution in [3.05, 3.63) is 12.7 Å². The zero-order valence-corrected chi connectivity index (χ0v) is 5.89. The number of nitrogens with two attached hydrogens (primary N) is 1. The van der Waals surface area contributed by atoms with Crippen LogP contribution in [0.15, 0.2) is 12.7 Å². The lowest BCUT2D eigenvalue weighted by Gasteiger charge is -1.90. The molecule has 0 spiro atoms. The predicted molar refractivity (Wildman–Crippen MR) is 37.1 cm³/mol. The molecule has 54 valence electrons. The predicted octanol–water partition coefficient (Wildman–Crippen LogP) is 1.29. The summed E-state index contributed by atoms with van der Waals surface area (Å²) in [4.78, 5) is 9.71. The number of carbonyl (C=O) groups is 1. The Hall–Kier alpha value is -0.990. The summed E-state index contributed by atoms with van der Waals surface area (Å²) in [5, 5.41) is 0. The van der Waals surface area contributed by atoms with Crippen LogP contribution in [0.3, 0.4) is 0 Å². The SMILES string of the molecule is C=CCOC(N)=O.CC. The van der Waals surface area contributed by atoms with Crippen molar-refractivity contribution < 1.29 is 9.53 Å². The summed E-state index contributed by atoms with van der Waals surface area (Å²) in [5.74, 6) is 0. The first-order valence-corrected chi connectivity index (χ1v) is 2.80. The van der Waals surface area contributed by atoms with Gasteiger partial charge in [-0.3, -0.25) is 0 Å². The van der Waals surface area contributed by atoms with Crippen molar-refractivity contribution in [1.82, 2.24) is 0 Å². The summed E-state index contributed by atoms with van der Waals surface area (Å²) in [6.07, 6.45) is 0.685. The molecular formula is C6H13NO2. The van der Waals surface area contributed by atoms with Crippen LogP contribution in [0.4, 0.5) is 4.79 Å². The standard InChI is InChI=1S/C4H7NO2.C2H6/c1-2-3-7-4(5)6;1-2/h2H,1,3H2,(H2,5,6);1-2H3. The molecule has 3 nitrogen and oxygen atoms in total. The molecule has 0 aromatic rings. The van der Waals surface area contributed by atoms with Gasteiger partial charge in [-0.1, -0.05) is 26.5 Å². The molecule has 3 heteroatoms. The van der Waals surface area contributed by atoms with Crippen molar-refractivity contribution in [2.75, 3.05) is 6.61 Å². The average molecular weight is 131 g/mol. The van der Waals surface area contributed by atoms with E-state index < -0.39 is 6.09 Å². The normalized spacial score (nSPS) is 6.44. The molecule has 9 heavy (non-hydrogen) atoms. The van der Waals surface area contributed by atoms with Gasteiger partial charge < -0.3 is 10.5 Å². The summed E-state index contributed by atoms with van der Waals surface area (Å²) in [6, 6.07) is 0. The summed E-state index contributed by atoms with van der Waals surface area (Å²) < 4.78 is 4.21. The third kappa shape index (κ3) is 19.4. The monoisotopic (exact) mass is 131 g/mol. The molecule has 0 bridgehead atoms. The fourth-order valence-electron chi connectivity index (χ4n) is 0.141. The summed E-state index contributed by atoms with van der Waals surface area (Å²) >= 11 is 0. The topological polar surface area (TPSA) is 52.3 Å². The van der Waals surface area contributed by atoms with Crippen molar-refractivity contribution in [1.29, 1.82) is 0 Å². The molecule has 0 aromatic carbocycles. The highest BCUT2D eigenvalue weighted by atomic mass is 16.5. The lowest BCUT2D eigenvalue weighted by molar-refractivity contribution is 0.169. The minimum absolute atomic E-state index is 0.190. The molecule has 0 saturated carbocycles. The van der Waals surface area contributed by atoms with Gasteiger partial charge in [0.25, 0.3) is 0 Å². The molecule has 0 rings (SSSR count). The van der Waals surface area contributed by atoms with Crippen LogP contribution in [0, 0.1) is 0 Å². The largest absolute Gasteiger partial charge is 0.445 e. The molecule has 0 aromatic heterocycles. The van der Waals surface area contributed by atoms with E-state index in [-0.39, 0.29) is 6.61 Å². The van der Waals surface area contributed by atoms with Gasteiger partial charge in [-0.2, -0.15) is 0 Å². The molecule has 1 amide bonds. The number of primary amides is 1. The minimum atomic E-state index is -0.764. The molecule has 0 aliphatic heterocycles. The molecule has 0 atom stereocenters. The smallest absolute Gasteiger partial charge is 0.404 e. The Morgan fingerprint density at radius 3 is 2.33 bits per heavy atom. The van der Waals surface area contributed by atoms with Crippen LogP contribution in [-0.2, 0) is 4.74 Å². The van der Waals surface area contributed by atoms with Crippen LogP contribution >= 0.6 is 0 Å². The van der Waals surface area contributed by atoms with Crippen molar-refractivity contribution >= 4 is 6.09 Å². The second-order valence-corrected chi connectivity index (χ2v) is 0.919. The highest BCUT2D eigenvalue weighted by molar-refractivity contribution is 5.64. The van der Waals surface area contributed by atoms with Crippen LogP contribution < -0.4 is 5.73 Å². The van der Waals surface area contributed by atoms with E-state index in [1.807, 2.05) is 13.8 Å². The molecule has 0 fully saturated rings. The van der Waals surface area contributed by atoms with Gasteiger partial charge in [-0.25, -0.2) is 4.79 Å². The molecule has 0 aliphatic rings. The maximum absolute atomic E-state index is 9.71. The van der Waals surface area contributed by atoms with Crippen LogP contribution in [0.25, 0.3) is 0 Å². The van der Waals surface area contributed by atoms with Gasteiger partial charge in [-0.05, 0) is 0 Å². The highest BCUT2D eigenvalue weighted by Crippen LogP contribution is 1.70. The number of amides is 1. The molecule has 0 radical (unpaired) electrons. The lowest BCUT2D eigenvalue weighted by Crippen LogP contribution is -2.12. The van der Waals surface area contributed by atoms with Crippen LogP contribution in [0.1, 0.15) is 13.8 Å². The van der Waals surface area contributed by atoms with Crippen LogP contribution in [-0.4, -0.2) is 12.7 Å². The number of carbonyl (C=O) groups excluding carboxylic acids is 1. The maximum Gasteiger partial charge on any atom is 0.404 e. The molecule has 0 aliphatic carbocycles. The van der Waals surface area contributed by atoms with E-state index >= 15 is 0 Å². The van der Waals surface area contributed by atoms with E-state index in [9.17, 15) is 4.79 Å². The van der Waals surface area contributed by atoms with E-state index in [1.54, 1.807) is 0 Å². The Balaban J connectivity index is 0. The van der Waals surface area contributed by atoms with Crippen molar-refractivity contribution in [3.63, 3.8) is 0 Å². The Kier molecular flexibility index (Phi) is 12.2. The van der Waals surface area contributed by atoms with Gasteiger partial charge >= 0.3 is 6.09 Å². The maximum atomic E-state index is 9.71. The Morgan fingerprint density at radius 2 is 2.22 bits per heavy atom. The Bertz CT molecular complexity index is 81.1. The van der Waals surface area contributed by atoms with Gasteiger partial charge in [0.05, 0.1) is 0 Å². The summed E-state index contributed by atoms with van der Waals surface area (Å²) in [7, 11) is 0. The third-order valence-electron chi connectivity index (χ3n) is 0.343. The van der Waals surface area contributed by atoms with Gasteiger partial charge in [0.2, 0.25) is 0 Å². The van der Waals surface area contributed by atoms with Gasteiger partial charge in [0, 0.05) is 0 Å². The minimum Gasteiger partial charge on any atom is -0.445 e. The third-order valence-corrected chi connectivity index (χ3v) is 0.343. The molecule has 0 unspecified atom stereocenters. The zero-order valence-electron chi connectivity index (χ0n) is 5.89. The van der Waals surface area contributed by atoms with Crippen molar-refractivity contribution in [3.8, 4) is 0 Å². The van der Waals surface area contributed by atoms with Crippen LogP contribution in [0.2, 0.25) is 0 Å². The fraction of sp³-hybridized carbons (Fsp3) is 0.500. The first-order chi connectivity index (χ1) is 4.27. The Labute approximate surface area is 55.5 Å². The number of hydrogen-bond acceptors (Lipinski definition) is 2. The van der Waals surface area contributed by atoms with Gasteiger partial charge in [0.15, 0.2) is 0 Å². The first kappa shape index (κ1) is 10.9. The first-order valence-electron chi connectivity index (χ1n) is 2.80.